The molecule has 0 saturated carbocycles. The Labute approximate surface area is 172 Å². The van der Waals surface area contributed by atoms with Crippen LogP contribution in [0.4, 0.5) is 17.2 Å². The van der Waals surface area contributed by atoms with Crippen molar-refractivity contribution in [1.29, 1.82) is 0 Å². The Hall–Kier alpha value is -4.01. The minimum atomic E-state index is -0.377. The summed E-state index contributed by atoms with van der Waals surface area (Å²) < 4.78 is 1.83. The zero-order chi connectivity index (χ0) is 20.5. The van der Waals surface area contributed by atoms with Crippen LogP contribution in [0.3, 0.4) is 0 Å². The second-order valence-electron chi connectivity index (χ2n) is 7.07. The molecule has 0 amide bonds. The van der Waals surface area contributed by atoms with Gasteiger partial charge in [-0.25, -0.2) is 14.6 Å². The maximum absolute atomic E-state index is 10.9. The van der Waals surface area contributed by atoms with Crippen LogP contribution < -0.4 is 9.80 Å². The summed E-state index contributed by atoms with van der Waals surface area (Å²) in [6.45, 7) is 3.19. The van der Waals surface area contributed by atoms with Gasteiger partial charge in [-0.05, 0) is 24.3 Å². The highest BCUT2D eigenvalue weighted by atomic mass is 16.6. The van der Waals surface area contributed by atoms with Gasteiger partial charge >= 0.3 is 0 Å². The molecule has 5 rings (SSSR count). The lowest BCUT2D eigenvalue weighted by molar-refractivity contribution is -0.384. The summed E-state index contributed by atoms with van der Waals surface area (Å²) in [4.78, 5) is 23.9. The van der Waals surface area contributed by atoms with E-state index in [4.69, 9.17) is 0 Å². The molecule has 0 N–H and O–H groups in total. The third-order valence-corrected chi connectivity index (χ3v) is 5.35. The molecule has 1 fully saturated rings. The fourth-order valence-electron chi connectivity index (χ4n) is 3.80. The van der Waals surface area contributed by atoms with Gasteiger partial charge in [0.15, 0.2) is 5.65 Å². The van der Waals surface area contributed by atoms with E-state index in [0.29, 0.717) is 0 Å². The highest BCUT2D eigenvalue weighted by Crippen LogP contribution is 2.27. The standard InChI is InChI=1S/C21H19N7O2/c29-28(30)18-8-6-16(7-9-18)25-10-12-26(13-11-25)20-19-14-24-27(21(19)23-15-22-20)17-4-2-1-3-5-17/h1-9,14-15H,10-13H2. The number of benzene rings is 2. The number of hydrogen-bond acceptors (Lipinski definition) is 7. The minimum Gasteiger partial charge on any atom is -0.368 e. The first kappa shape index (κ1) is 18.0. The van der Waals surface area contributed by atoms with Gasteiger partial charge in [-0.15, -0.1) is 0 Å². The number of fused-ring (bicyclic) bond motifs is 1. The highest BCUT2D eigenvalue weighted by Gasteiger charge is 2.22. The molecule has 1 aliphatic heterocycles. The molecule has 2 aromatic carbocycles. The molecule has 150 valence electrons. The Bertz CT molecular complexity index is 1180. The van der Waals surface area contributed by atoms with Crippen molar-refractivity contribution in [3.63, 3.8) is 0 Å². The number of nitrogens with zero attached hydrogens (tertiary/aromatic N) is 7. The van der Waals surface area contributed by atoms with Crippen molar-refractivity contribution in [1.82, 2.24) is 19.7 Å². The van der Waals surface area contributed by atoms with E-state index in [-0.39, 0.29) is 10.6 Å². The predicted octanol–water partition coefficient (Wildman–Crippen LogP) is 3.05. The van der Waals surface area contributed by atoms with Crippen LogP contribution >= 0.6 is 0 Å². The fourth-order valence-corrected chi connectivity index (χ4v) is 3.80. The Morgan fingerprint density at radius 2 is 1.53 bits per heavy atom. The van der Waals surface area contributed by atoms with E-state index in [1.54, 1.807) is 30.6 Å². The van der Waals surface area contributed by atoms with Crippen molar-refractivity contribution in [3.05, 3.63) is 77.2 Å². The Morgan fingerprint density at radius 3 is 2.23 bits per heavy atom. The smallest absolute Gasteiger partial charge is 0.269 e. The first-order chi connectivity index (χ1) is 14.7. The first-order valence-corrected chi connectivity index (χ1v) is 9.69. The van der Waals surface area contributed by atoms with Crippen LogP contribution in [-0.4, -0.2) is 50.9 Å². The lowest BCUT2D eigenvalue weighted by Gasteiger charge is -2.36. The van der Waals surface area contributed by atoms with Crippen LogP contribution in [0.25, 0.3) is 16.7 Å². The van der Waals surface area contributed by atoms with Gasteiger partial charge in [-0.1, -0.05) is 18.2 Å². The molecule has 1 saturated heterocycles. The summed E-state index contributed by atoms with van der Waals surface area (Å²) in [5.74, 6) is 0.880. The molecule has 30 heavy (non-hydrogen) atoms. The number of nitro benzene ring substituents is 1. The quantitative estimate of drug-likeness (QED) is 0.383. The molecule has 0 bridgehead atoms. The van der Waals surface area contributed by atoms with E-state index >= 15 is 0 Å². The highest BCUT2D eigenvalue weighted by molar-refractivity contribution is 5.87. The van der Waals surface area contributed by atoms with Gasteiger partial charge in [0.2, 0.25) is 0 Å². The van der Waals surface area contributed by atoms with Crippen molar-refractivity contribution in [2.24, 2.45) is 0 Å². The number of non-ortho nitro benzene ring substituents is 1. The molecule has 9 nitrogen and oxygen atoms in total. The molecule has 4 aromatic rings. The van der Waals surface area contributed by atoms with Gasteiger partial charge in [-0.2, -0.15) is 5.10 Å². The van der Waals surface area contributed by atoms with Gasteiger partial charge in [0.25, 0.3) is 5.69 Å². The maximum Gasteiger partial charge on any atom is 0.269 e. The summed E-state index contributed by atoms with van der Waals surface area (Å²) in [7, 11) is 0. The summed E-state index contributed by atoms with van der Waals surface area (Å²) in [6.07, 6.45) is 3.40. The predicted molar refractivity (Wildman–Crippen MR) is 114 cm³/mol. The molecule has 0 spiro atoms. The Kier molecular flexibility index (Phi) is 4.47. The van der Waals surface area contributed by atoms with Gasteiger partial charge < -0.3 is 9.80 Å². The molecule has 0 unspecified atom stereocenters. The van der Waals surface area contributed by atoms with Crippen molar-refractivity contribution in [2.45, 2.75) is 0 Å². The molecular weight excluding hydrogens is 382 g/mol. The Balaban J connectivity index is 1.36. The average molecular weight is 401 g/mol. The van der Waals surface area contributed by atoms with Gasteiger partial charge in [0.05, 0.1) is 22.2 Å². The molecular formula is C21H19N7O2. The second kappa shape index (κ2) is 7.43. The minimum absolute atomic E-state index is 0.108. The van der Waals surface area contributed by atoms with Crippen LogP contribution in [0.2, 0.25) is 0 Å². The first-order valence-electron chi connectivity index (χ1n) is 9.69. The van der Waals surface area contributed by atoms with Gasteiger partial charge in [0.1, 0.15) is 12.1 Å². The van der Waals surface area contributed by atoms with Crippen molar-refractivity contribution in [3.8, 4) is 5.69 Å². The van der Waals surface area contributed by atoms with Crippen LogP contribution in [0.15, 0.2) is 67.1 Å². The van der Waals surface area contributed by atoms with Crippen LogP contribution in [-0.2, 0) is 0 Å². The molecule has 3 heterocycles. The topological polar surface area (TPSA) is 93.2 Å². The number of anilines is 2. The summed E-state index contributed by atoms with van der Waals surface area (Å²) >= 11 is 0. The third-order valence-electron chi connectivity index (χ3n) is 5.35. The summed E-state index contributed by atoms with van der Waals surface area (Å²) in [5, 5.41) is 16.3. The van der Waals surface area contributed by atoms with Gasteiger partial charge in [0, 0.05) is 44.0 Å². The SMILES string of the molecule is O=[N+]([O-])c1ccc(N2CCN(c3ncnc4c3cnn4-c3ccccc3)CC2)cc1. The normalized spacial score (nSPS) is 14.3. The molecule has 1 aliphatic rings. The van der Waals surface area contributed by atoms with E-state index in [1.807, 2.05) is 41.2 Å². The van der Waals surface area contributed by atoms with Crippen molar-refractivity contribution < 1.29 is 4.92 Å². The average Bonchev–Trinajstić information content (AvgIpc) is 3.24. The number of rotatable bonds is 4. The van der Waals surface area contributed by atoms with Crippen LogP contribution in [0.5, 0.6) is 0 Å². The van der Waals surface area contributed by atoms with Crippen LogP contribution in [0, 0.1) is 10.1 Å². The summed E-state index contributed by atoms with van der Waals surface area (Å²) in [6, 6.07) is 16.6. The lowest BCUT2D eigenvalue weighted by atomic mass is 10.2. The largest absolute Gasteiger partial charge is 0.368 e. The Morgan fingerprint density at radius 1 is 0.833 bits per heavy atom. The second-order valence-corrected chi connectivity index (χ2v) is 7.07. The van der Waals surface area contributed by atoms with Crippen LogP contribution in [0.1, 0.15) is 0 Å². The number of hydrogen-bond donors (Lipinski definition) is 0. The number of para-hydroxylation sites is 1. The fraction of sp³-hybridized carbons (Fsp3) is 0.190. The molecule has 0 aliphatic carbocycles. The molecule has 2 aromatic heterocycles. The van der Waals surface area contributed by atoms with E-state index in [9.17, 15) is 10.1 Å². The van der Waals surface area contributed by atoms with E-state index in [0.717, 1.165) is 54.4 Å². The monoisotopic (exact) mass is 401 g/mol. The third kappa shape index (κ3) is 3.20. The van der Waals surface area contributed by atoms with E-state index in [2.05, 4.69) is 24.9 Å². The number of piperazine rings is 1. The van der Waals surface area contributed by atoms with Gasteiger partial charge in [-0.3, -0.25) is 10.1 Å². The maximum atomic E-state index is 10.9. The number of nitro groups is 1. The molecule has 0 radical (unpaired) electrons. The lowest BCUT2D eigenvalue weighted by Crippen LogP contribution is -2.46. The number of aromatic nitrogens is 4. The molecule has 9 heteroatoms. The zero-order valence-corrected chi connectivity index (χ0v) is 16.1. The molecule has 0 atom stereocenters. The summed E-state index contributed by atoms with van der Waals surface area (Å²) in [5.41, 5.74) is 2.84. The van der Waals surface area contributed by atoms with Crippen molar-refractivity contribution in [2.75, 3.05) is 36.0 Å². The van der Waals surface area contributed by atoms with E-state index in [1.165, 1.54) is 0 Å². The van der Waals surface area contributed by atoms with E-state index < -0.39 is 0 Å². The zero-order valence-electron chi connectivity index (χ0n) is 16.1. The van der Waals surface area contributed by atoms with Crippen molar-refractivity contribution >= 4 is 28.2 Å².